The summed E-state index contributed by atoms with van der Waals surface area (Å²) in [5.74, 6) is 0. The lowest BCUT2D eigenvalue weighted by molar-refractivity contribution is 0.822. The van der Waals surface area contributed by atoms with Gasteiger partial charge in [-0.15, -0.1) is 0 Å². The number of aromatic nitrogens is 2. The predicted molar refractivity (Wildman–Crippen MR) is 65.1 cm³/mol. The van der Waals surface area contributed by atoms with E-state index in [1.165, 1.54) is 0 Å². The van der Waals surface area contributed by atoms with Crippen molar-refractivity contribution >= 4 is 22.8 Å². The van der Waals surface area contributed by atoms with Crippen LogP contribution in [0.15, 0.2) is 29.4 Å². The van der Waals surface area contributed by atoms with E-state index in [2.05, 4.69) is 16.9 Å². The van der Waals surface area contributed by atoms with E-state index in [-0.39, 0.29) is 0 Å². The standard InChI is InChI=1S/C11H15N3S/c1-2-8(7-12)15-11-13-9-5-3-4-6-10(9)14-11/h3-6,8H,2,7,12H2,1H3,(H,13,14). The Labute approximate surface area is 93.5 Å². The number of benzene rings is 1. The first-order chi connectivity index (χ1) is 7.33. The topological polar surface area (TPSA) is 54.7 Å². The lowest BCUT2D eigenvalue weighted by atomic mass is 10.3. The van der Waals surface area contributed by atoms with Gasteiger partial charge in [0.2, 0.25) is 0 Å². The summed E-state index contributed by atoms with van der Waals surface area (Å²) in [5, 5.41) is 1.42. The first-order valence-corrected chi connectivity index (χ1v) is 6.03. The zero-order valence-corrected chi connectivity index (χ0v) is 9.55. The van der Waals surface area contributed by atoms with E-state index in [1.54, 1.807) is 11.8 Å². The zero-order chi connectivity index (χ0) is 10.7. The Morgan fingerprint density at radius 2 is 2.27 bits per heavy atom. The van der Waals surface area contributed by atoms with Crippen molar-refractivity contribution in [3.05, 3.63) is 24.3 Å². The van der Waals surface area contributed by atoms with Crippen LogP contribution < -0.4 is 5.73 Å². The van der Waals surface area contributed by atoms with E-state index in [1.807, 2.05) is 24.3 Å². The van der Waals surface area contributed by atoms with Gasteiger partial charge in [-0.3, -0.25) is 0 Å². The first kappa shape index (κ1) is 10.5. The fourth-order valence-corrected chi connectivity index (χ4v) is 2.34. The quantitative estimate of drug-likeness (QED) is 0.779. The van der Waals surface area contributed by atoms with Crippen LogP contribution >= 0.6 is 11.8 Å². The Balaban J connectivity index is 2.21. The molecule has 0 aliphatic carbocycles. The number of H-pyrrole nitrogens is 1. The van der Waals surface area contributed by atoms with Gasteiger partial charge in [-0.05, 0) is 18.6 Å². The SMILES string of the molecule is CCC(CN)Sc1nc2ccccc2[nH]1. The smallest absolute Gasteiger partial charge is 0.166 e. The molecule has 3 N–H and O–H groups in total. The van der Waals surface area contributed by atoms with Crippen molar-refractivity contribution in [1.29, 1.82) is 0 Å². The third-order valence-electron chi connectivity index (χ3n) is 2.36. The summed E-state index contributed by atoms with van der Waals surface area (Å²) in [6.07, 6.45) is 1.07. The van der Waals surface area contributed by atoms with Gasteiger partial charge in [0.25, 0.3) is 0 Å². The Morgan fingerprint density at radius 1 is 1.47 bits per heavy atom. The molecule has 2 aromatic rings. The molecule has 3 nitrogen and oxygen atoms in total. The van der Waals surface area contributed by atoms with Crippen molar-refractivity contribution in [3.8, 4) is 0 Å². The molecule has 0 fully saturated rings. The number of rotatable bonds is 4. The zero-order valence-electron chi connectivity index (χ0n) is 8.73. The maximum atomic E-state index is 5.66. The molecule has 0 bridgehead atoms. The molecule has 0 spiro atoms. The van der Waals surface area contributed by atoms with E-state index >= 15 is 0 Å². The third-order valence-corrected chi connectivity index (χ3v) is 3.64. The number of fused-ring (bicyclic) bond motifs is 1. The van der Waals surface area contributed by atoms with E-state index < -0.39 is 0 Å². The lowest BCUT2D eigenvalue weighted by Gasteiger charge is -2.08. The highest BCUT2D eigenvalue weighted by Gasteiger charge is 2.09. The molecule has 0 saturated carbocycles. The van der Waals surface area contributed by atoms with Crippen molar-refractivity contribution in [2.75, 3.05) is 6.54 Å². The van der Waals surface area contributed by atoms with Crippen LogP contribution in [-0.4, -0.2) is 21.8 Å². The van der Waals surface area contributed by atoms with Gasteiger partial charge < -0.3 is 10.7 Å². The van der Waals surface area contributed by atoms with Gasteiger partial charge >= 0.3 is 0 Å². The van der Waals surface area contributed by atoms with Crippen LogP contribution in [-0.2, 0) is 0 Å². The highest BCUT2D eigenvalue weighted by atomic mass is 32.2. The van der Waals surface area contributed by atoms with Crippen LogP contribution in [0.1, 0.15) is 13.3 Å². The highest BCUT2D eigenvalue weighted by Crippen LogP contribution is 2.24. The summed E-state index contributed by atoms with van der Waals surface area (Å²) in [5.41, 5.74) is 7.77. The van der Waals surface area contributed by atoms with Crippen molar-refractivity contribution in [2.24, 2.45) is 5.73 Å². The number of hydrogen-bond acceptors (Lipinski definition) is 3. The van der Waals surface area contributed by atoms with Gasteiger partial charge in [-0.25, -0.2) is 4.98 Å². The number of para-hydroxylation sites is 2. The van der Waals surface area contributed by atoms with Crippen molar-refractivity contribution in [2.45, 2.75) is 23.8 Å². The van der Waals surface area contributed by atoms with Crippen LogP contribution in [0.2, 0.25) is 0 Å². The average molecular weight is 221 g/mol. The van der Waals surface area contributed by atoms with E-state index in [9.17, 15) is 0 Å². The lowest BCUT2D eigenvalue weighted by Crippen LogP contribution is -2.15. The summed E-state index contributed by atoms with van der Waals surface area (Å²) in [4.78, 5) is 7.79. The summed E-state index contributed by atoms with van der Waals surface area (Å²) in [6, 6.07) is 8.06. The van der Waals surface area contributed by atoms with Crippen LogP contribution in [0, 0.1) is 0 Å². The molecular weight excluding hydrogens is 206 g/mol. The summed E-state index contributed by atoms with van der Waals surface area (Å²) in [7, 11) is 0. The number of thioether (sulfide) groups is 1. The molecule has 4 heteroatoms. The average Bonchev–Trinajstić information content (AvgIpc) is 2.68. The van der Waals surface area contributed by atoms with Crippen molar-refractivity contribution in [3.63, 3.8) is 0 Å². The molecule has 1 atom stereocenters. The van der Waals surface area contributed by atoms with Crippen LogP contribution in [0.5, 0.6) is 0 Å². The molecule has 1 aromatic heterocycles. The molecule has 0 aliphatic rings. The Morgan fingerprint density at radius 3 is 2.93 bits per heavy atom. The number of hydrogen-bond donors (Lipinski definition) is 2. The van der Waals surface area contributed by atoms with Gasteiger partial charge in [0, 0.05) is 11.8 Å². The second-order valence-electron chi connectivity index (χ2n) is 3.44. The van der Waals surface area contributed by atoms with Gasteiger partial charge in [-0.1, -0.05) is 30.8 Å². The number of nitrogens with two attached hydrogens (primary N) is 1. The van der Waals surface area contributed by atoms with Crippen LogP contribution in [0.4, 0.5) is 0 Å². The number of nitrogens with one attached hydrogen (secondary N) is 1. The minimum atomic E-state index is 0.450. The van der Waals surface area contributed by atoms with E-state index in [4.69, 9.17) is 5.73 Å². The molecule has 15 heavy (non-hydrogen) atoms. The number of aromatic amines is 1. The summed E-state index contributed by atoms with van der Waals surface area (Å²) < 4.78 is 0. The van der Waals surface area contributed by atoms with Gasteiger partial charge in [-0.2, -0.15) is 0 Å². The summed E-state index contributed by atoms with van der Waals surface area (Å²) in [6.45, 7) is 2.84. The fourth-order valence-electron chi connectivity index (χ4n) is 1.44. The summed E-state index contributed by atoms with van der Waals surface area (Å²) >= 11 is 1.72. The predicted octanol–water partition coefficient (Wildman–Crippen LogP) is 2.39. The molecule has 0 radical (unpaired) electrons. The van der Waals surface area contributed by atoms with Gasteiger partial charge in [0.1, 0.15) is 0 Å². The number of imidazole rings is 1. The van der Waals surface area contributed by atoms with Gasteiger partial charge in [0.15, 0.2) is 5.16 Å². The molecule has 1 heterocycles. The van der Waals surface area contributed by atoms with E-state index in [0.29, 0.717) is 11.8 Å². The van der Waals surface area contributed by atoms with E-state index in [0.717, 1.165) is 22.6 Å². The maximum absolute atomic E-state index is 5.66. The minimum absolute atomic E-state index is 0.450. The molecule has 0 amide bonds. The maximum Gasteiger partial charge on any atom is 0.166 e. The number of nitrogens with zero attached hydrogens (tertiary/aromatic N) is 1. The fraction of sp³-hybridized carbons (Fsp3) is 0.364. The molecule has 0 saturated heterocycles. The second-order valence-corrected chi connectivity index (χ2v) is 4.73. The molecule has 80 valence electrons. The first-order valence-electron chi connectivity index (χ1n) is 5.15. The Kier molecular flexibility index (Phi) is 3.28. The van der Waals surface area contributed by atoms with Gasteiger partial charge in [0.05, 0.1) is 11.0 Å². The third kappa shape index (κ3) is 2.33. The minimum Gasteiger partial charge on any atom is -0.333 e. The normalized spacial score (nSPS) is 13.2. The van der Waals surface area contributed by atoms with Crippen molar-refractivity contribution < 1.29 is 0 Å². The molecule has 1 aromatic carbocycles. The largest absolute Gasteiger partial charge is 0.333 e. The molecule has 2 rings (SSSR count). The van der Waals surface area contributed by atoms with Crippen LogP contribution in [0.25, 0.3) is 11.0 Å². The van der Waals surface area contributed by atoms with Crippen LogP contribution in [0.3, 0.4) is 0 Å². The molecule has 1 unspecified atom stereocenters. The Hall–Kier alpha value is -1.00. The second kappa shape index (κ2) is 4.68. The highest BCUT2D eigenvalue weighted by molar-refractivity contribution is 7.99. The monoisotopic (exact) mass is 221 g/mol. The van der Waals surface area contributed by atoms with Crippen molar-refractivity contribution in [1.82, 2.24) is 9.97 Å². The molecule has 0 aliphatic heterocycles. The molecular formula is C11H15N3S. The Bertz CT molecular complexity index is 401.